The second kappa shape index (κ2) is 10.7. The van der Waals surface area contributed by atoms with Crippen molar-refractivity contribution in [1.29, 1.82) is 0 Å². The van der Waals surface area contributed by atoms with Crippen LogP contribution in [0.15, 0.2) is 53.3 Å². The van der Waals surface area contributed by atoms with Gasteiger partial charge in [-0.1, -0.05) is 37.3 Å². The van der Waals surface area contributed by atoms with E-state index in [2.05, 4.69) is 34.1 Å². The van der Waals surface area contributed by atoms with E-state index in [-0.39, 0.29) is 30.8 Å². The molecule has 2 aromatic heterocycles. The van der Waals surface area contributed by atoms with Gasteiger partial charge in [-0.05, 0) is 47.7 Å². The van der Waals surface area contributed by atoms with Crippen LogP contribution in [0.4, 0.5) is 4.39 Å². The molecule has 1 fully saturated rings. The van der Waals surface area contributed by atoms with Gasteiger partial charge < -0.3 is 14.4 Å². The quantitative estimate of drug-likeness (QED) is 0.310. The highest BCUT2D eigenvalue weighted by molar-refractivity contribution is 5.88. The van der Waals surface area contributed by atoms with E-state index in [4.69, 9.17) is 9.72 Å². The highest BCUT2D eigenvalue weighted by Crippen LogP contribution is 2.41. The van der Waals surface area contributed by atoms with Gasteiger partial charge in [0.05, 0.1) is 35.4 Å². The van der Waals surface area contributed by atoms with Crippen molar-refractivity contribution in [3.05, 3.63) is 98.1 Å². The number of piperazine rings is 1. The molecule has 0 radical (unpaired) electrons. The van der Waals surface area contributed by atoms with Crippen molar-refractivity contribution >= 4 is 16.9 Å². The molecule has 222 valence electrons. The van der Waals surface area contributed by atoms with Crippen molar-refractivity contribution in [1.82, 2.24) is 19.4 Å². The van der Waals surface area contributed by atoms with E-state index < -0.39 is 11.6 Å². The van der Waals surface area contributed by atoms with E-state index in [1.54, 1.807) is 24.5 Å². The minimum Gasteiger partial charge on any atom is -0.460 e. The van der Waals surface area contributed by atoms with Crippen LogP contribution >= 0.6 is 0 Å². The van der Waals surface area contributed by atoms with Gasteiger partial charge in [-0.3, -0.25) is 19.4 Å². The zero-order chi connectivity index (χ0) is 29.9. The number of hydrogen-bond acceptors (Lipinski definition) is 7. The fourth-order valence-electron chi connectivity index (χ4n) is 6.84. The minimum atomic E-state index is -1.51. The molecule has 7 rings (SSSR count). The molecule has 3 aliphatic rings. The van der Waals surface area contributed by atoms with E-state index in [0.29, 0.717) is 46.7 Å². The largest absolute Gasteiger partial charge is 0.460 e. The molecule has 0 spiro atoms. The van der Waals surface area contributed by atoms with Crippen LogP contribution in [0.25, 0.3) is 22.3 Å². The Bertz CT molecular complexity index is 1810. The fraction of sp³-hybridized carbons (Fsp3) is 0.382. The molecule has 0 bridgehead atoms. The third kappa shape index (κ3) is 4.85. The van der Waals surface area contributed by atoms with Crippen LogP contribution in [0.5, 0.6) is 0 Å². The van der Waals surface area contributed by atoms with Gasteiger partial charge in [-0.25, -0.2) is 9.37 Å². The van der Waals surface area contributed by atoms with Gasteiger partial charge in [0, 0.05) is 56.3 Å². The van der Waals surface area contributed by atoms with Crippen LogP contribution in [0.1, 0.15) is 53.1 Å². The summed E-state index contributed by atoms with van der Waals surface area (Å²) in [5.74, 6) is -0.861. The molecular weight excluding hydrogens is 547 g/mol. The number of nitrogens with zero attached hydrogens (tertiary/aromatic N) is 4. The summed E-state index contributed by atoms with van der Waals surface area (Å²) in [7, 11) is 0. The lowest BCUT2D eigenvalue weighted by Gasteiger charge is -2.35. The molecule has 1 unspecified atom stereocenters. The van der Waals surface area contributed by atoms with Gasteiger partial charge in [0.15, 0.2) is 0 Å². The standard InChI is InChI=1S/C34H35FN4O4/c1-3-34(42)16-31(40)43-20-26-27(34)14-30-32-25(19-39(30)33(26)41)24(23-13-21(2)28(35)15-29(23)36-32)18-38-11-9-37(10-12-38)17-22-7-5-4-6-8-22/h4-8,13-15,42H,3,9-12,16-20H2,1-2H3. The van der Waals surface area contributed by atoms with Crippen LogP contribution in [0.2, 0.25) is 0 Å². The van der Waals surface area contributed by atoms with Crippen LogP contribution in [0, 0.1) is 12.7 Å². The molecule has 2 aromatic carbocycles. The fourth-order valence-corrected chi connectivity index (χ4v) is 6.84. The van der Waals surface area contributed by atoms with Gasteiger partial charge in [0.1, 0.15) is 18.0 Å². The van der Waals surface area contributed by atoms with E-state index in [1.165, 1.54) is 11.6 Å². The summed E-state index contributed by atoms with van der Waals surface area (Å²) >= 11 is 0. The van der Waals surface area contributed by atoms with Crippen LogP contribution in [-0.2, 0) is 41.4 Å². The average Bonchev–Trinajstić information content (AvgIpc) is 3.31. The number of aromatic nitrogens is 2. The van der Waals surface area contributed by atoms with Gasteiger partial charge in [-0.2, -0.15) is 0 Å². The maximum Gasteiger partial charge on any atom is 0.309 e. The van der Waals surface area contributed by atoms with Crippen molar-refractivity contribution in [2.75, 3.05) is 26.2 Å². The first kappa shape index (κ1) is 27.9. The molecular formula is C34H35FN4O4. The number of fused-ring (bicyclic) bond motifs is 5. The summed E-state index contributed by atoms with van der Waals surface area (Å²) in [5.41, 5.74) is 4.51. The van der Waals surface area contributed by atoms with Crippen molar-refractivity contribution in [3.63, 3.8) is 0 Å². The predicted octanol–water partition coefficient (Wildman–Crippen LogP) is 4.24. The second-order valence-corrected chi connectivity index (χ2v) is 12.1. The zero-order valence-corrected chi connectivity index (χ0v) is 24.5. The smallest absolute Gasteiger partial charge is 0.309 e. The Labute approximate surface area is 249 Å². The van der Waals surface area contributed by atoms with E-state index in [9.17, 15) is 19.1 Å². The number of cyclic esters (lactones) is 1. The molecule has 5 heterocycles. The minimum absolute atomic E-state index is 0.175. The second-order valence-electron chi connectivity index (χ2n) is 12.1. The Morgan fingerprint density at radius 1 is 1.00 bits per heavy atom. The SMILES string of the molecule is CCC1(O)CC(=O)OCc2c1cc1n(c2=O)Cc2c-1nc1cc(F)c(C)cc1c2CN1CCN(Cc2ccccc2)CC1. The van der Waals surface area contributed by atoms with Gasteiger partial charge in [0.2, 0.25) is 0 Å². The molecule has 8 nitrogen and oxygen atoms in total. The third-order valence-corrected chi connectivity index (χ3v) is 9.44. The number of hydrogen-bond donors (Lipinski definition) is 1. The van der Waals surface area contributed by atoms with E-state index in [1.807, 2.05) is 12.1 Å². The number of carbonyl (C=O) groups excluding carboxylic acids is 1. The van der Waals surface area contributed by atoms with Crippen molar-refractivity contribution in [2.24, 2.45) is 0 Å². The van der Waals surface area contributed by atoms with Gasteiger partial charge in [0.25, 0.3) is 5.56 Å². The number of rotatable bonds is 5. The summed E-state index contributed by atoms with van der Waals surface area (Å²) < 4.78 is 21.8. The predicted molar refractivity (Wildman–Crippen MR) is 161 cm³/mol. The third-order valence-electron chi connectivity index (χ3n) is 9.44. The Morgan fingerprint density at radius 3 is 2.44 bits per heavy atom. The molecule has 3 aliphatic heterocycles. The van der Waals surface area contributed by atoms with Crippen LogP contribution in [0.3, 0.4) is 0 Å². The number of halogens is 1. The number of ether oxygens (including phenoxy) is 1. The average molecular weight is 583 g/mol. The van der Waals surface area contributed by atoms with Crippen LogP contribution in [-0.4, -0.2) is 56.6 Å². The Balaban J connectivity index is 1.28. The first-order valence-electron chi connectivity index (χ1n) is 15.0. The normalized spacial score (nSPS) is 20.4. The number of aryl methyl sites for hydroxylation is 1. The Kier molecular flexibility index (Phi) is 6.91. The van der Waals surface area contributed by atoms with Gasteiger partial charge >= 0.3 is 5.97 Å². The molecule has 0 aliphatic carbocycles. The highest BCUT2D eigenvalue weighted by atomic mass is 19.1. The van der Waals surface area contributed by atoms with Gasteiger partial charge in [-0.15, -0.1) is 0 Å². The number of esters is 1. The zero-order valence-electron chi connectivity index (χ0n) is 24.5. The Hall–Kier alpha value is -3.92. The first-order valence-corrected chi connectivity index (χ1v) is 15.0. The lowest BCUT2D eigenvalue weighted by atomic mass is 9.85. The van der Waals surface area contributed by atoms with E-state index >= 15 is 0 Å². The van der Waals surface area contributed by atoms with Crippen LogP contribution < -0.4 is 5.56 Å². The molecule has 4 aromatic rings. The summed E-state index contributed by atoms with van der Waals surface area (Å²) in [5, 5.41) is 12.4. The number of aliphatic hydroxyl groups is 1. The lowest BCUT2D eigenvalue weighted by Crippen LogP contribution is -2.45. The highest BCUT2D eigenvalue weighted by Gasteiger charge is 2.40. The van der Waals surface area contributed by atoms with Crippen molar-refractivity contribution in [2.45, 2.75) is 58.5 Å². The number of pyridine rings is 2. The topological polar surface area (TPSA) is 87.9 Å². The molecule has 9 heteroatoms. The molecule has 43 heavy (non-hydrogen) atoms. The molecule has 1 N–H and O–H groups in total. The summed E-state index contributed by atoms with van der Waals surface area (Å²) in [6.45, 7) is 8.93. The summed E-state index contributed by atoms with van der Waals surface area (Å²) in [6, 6.07) is 15.6. The molecule has 1 saturated heterocycles. The number of benzene rings is 2. The summed E-state index contributed by atoms with van der Waals surface area (Å²) in [6.07, 6.45) is 0.0331. The van der Waals surface area contributed by atoms with Crippen molar-refractivity contribution in [3.8, 4) is 11.4 Å². The lowest BCUT2D eigenvalue weighted by molar-refractivity contribution is -0.149. The molecule has 0 saturated carbocycles. The first-order chi connectivity index (χ1) is 20.7. The number of carbonyl (C=O) groups is 1. The van der Waals surface area contributed by atoms with Crippen molar-refractivity contribution < 1.29 is 19.0 Å². The summed E-state index contributed by atoms with van der Waals surface area (Å²) in [4.78, 5) is 36.0. The Morgan fingerprint density at radius 2 is 1.72 bits per heavy atom. The monoisotopic (exact) mass is 582 g/mol. The molecule has 1 atom stereocenters. The molecule has 0 amide bonds. The van der Waals surface area contributed by atoms with E-state index in [0.717, 1.165) is 49.2 Å². The maximum atomic E-state index is 14.8. The maximum absolute atomic E-state index is 14.8.